The number of hydrogen-bond acceptors (Lipinski definition) is 3. The second kappa shape index (κ2) is 8.56. The van der Waals surface area contributed by atoms with Gasteiger partial charge in [0.25, 0.3) is 0 Å². The summed E-state index contributed by atoms with van der Waals surface area (Å²) in [4.78, 5) is 12.3. The van der Waals surface area contributed by atoms with Crippen LogP contribution in [-0.4, -0.2) is 27.1 Å². The molecule has 0 heterocycles. The first-order valence-corrected chi connectivity index (χ1v) is 10.6. The van der Waals surface area contributed by atoms with E-state index in [1.165, 1.54) is 4.31 Å². The molecule has 1 amide bonds. The van der Waals surface area contributed by atoms with Crippen molar-refractivity contribution in [1.29, 1.82) is 0 Å². The number of carbonyl (C=O) groups excluding carboxylic acids is 1. The highest BCUT2D eigenvalue weighted by atomic mass is 35.5. The number of nitrogens with zero attached hydrogens (tertiary/aromatic N) is 1. The first-order chi connectivity index (χ1) is 12.2. The smallest absolute Gasteiger partial charge is 0.232 e. The number of hydrogen-bond donors (Lipinski definition) is 1. The largest absolute Gasteiger partial charge is 0.326 e. The molecule has 0 aliphatic heterocycles. The van der Waals surface area contributed by atoms with Gasteiger partial charge in [0.15, 0.2) is 0 Å². The predicted molar refractivity (Wildman–Crippen MR) is 107 cm³/mol. The van der Waals surface area contributed by atoms with Gasteiger partial charge in [0, 0.05) is 23.7 Å². The number of amides is 1. The van der Waals surface area contributed by atoms with Crippen molar-refractivity contribution < 1.29 is 13.2 Å². The summed E-state index contributed by atoms with van der Waals surface area (Å²) in [7, 11) is -3.52. The lowest BCUT2D eigenvalue weighted by atomic mass is 10.1. The van der Waals surface area contributed by atoms with Gasteiger partial charge in [-0.2, -0.15) is 0 Å². The van der Waals surface area contributed by atoms with E-state index in [2.05, 4.69) is 5.32 Å². The maximum atomic E-state index is 12.3. The van der Waals surface area contributed by atoms with Crippen LogP contribution in [0.25, 0.3) is 0 Å². The van der Waals surface area contributed by atoms with Gasteiger partial charge >= 0.3 is 0 Å². The zero-order chi connectivity index (χ0) is 19.3. The van der Waals surface area contributed by atoms with Crippen LogP contribution in [0.5, 0.6) is 0 Å². The minimum atomic E-state index is -3.52. The van der Waals surface area contributed by atoms with Gasteiger partial charge in [-0.05, 0) is 42.7 Å². The Morgan fingerprint density at radius 1 is 1.19 bits per heavy atom. The average Bonchev–Trinajstić information content (AvgIpc) is 2.55. The normalized spacial score (nSPS) is 11.2. The van der Waals surface area contributed by atoms with Crippen molar-refractivity contribution in [3.8, 4) is 0 Å². The quantitative estimate of drug-likeness (QED) is 0.771. The average molecular weight is 395 g/mol. The van der Waals surface area contributed by atoms with E-state index in [-0.39, 0.29) is 18.9 Å². The molecule has 5 nitrogen and oxygen atoms in total. The third kappa shape index (κ3) is 5.22. The highest BCUT2D eigenvalue weighted by molar-refractivity contribution is 7.92. The molecule has 0 atom stereocenters. The fourth-order valence-corrected chi connectivity index (χ4v) is 4.00. The van der Waals surface area contributed by atoms with Crippen molar-refractivity contribution in [1.82, 2.24) is 0 Å². The minimum Gasteiger partial charge on any atom is -0.326 e. The Morgan fingerprint density at radius 2 is 1.88 bits per heavy atom. The highest BCUT2D eigenvalue weighted by Gasteiger charge is 2.22. The number of para-hydroxylation sites is 1. The molecule has 0 radical (unpaired) electrons. The summed E-state index contributed by atoms with van der Waals surface area (Å²) in [6.45, 7) is 3.92. The topological polar surface area (TPSA) is 66.5 Å². The van der Waals surface area contributed by atoms with Crippen molar-refractivity contribution >= 4 is 38.9 Å². The van der Waals surface area contributed by atoms with Crippen LogP contribution in [0.15, 0.2) is 42.5 Å². The first kappa shape index (κ1) is 20.3. The molecule has 0 aromatic heterocycles. The zero-order valence-corrected chi connectivity index (χ0v) is 16.7. The fraction of sp³-hybridized carbons (Fsp3) is 0.316. The Bertz CT molecular complexity index is 897. The van der Waals surface area contributed by atoms with E-state index in [4.69, 9.17) is 11.6 Å². The van der Waals surface area contributed by atoms with Gasteiger partial charge in [-0.15, -0.1) is 0 Å². The summed E-state index contributed by atoms with van der Waals surface area (Å²) in [6, 6.07) is 12.5. The minimum absolute atomic E-state index is 0.0388. The van der Waals surface area contributed by atoms with Gasteiger partial charge in [-0.3, -0.25) is 9.10 Å². The van der Waals surface area contributed by atoms with E-state index in [0.717, 1.165) is 17.4 Å². The van der Waals surface area contributed by atoms with E-state index in [9.17, 15) is 13.2 Å². The van der Waals surface area contributed by atoms with Crippen LogP contribution in [0, 0.1) is 6.92 Å². The Kier molecular flexibility index (Phi) is 6.67. The standard InChI is InChI=1S/C19H23ClN2O3S/c1-4-15-8-5-7-14(2)19(15)22(26(3,24)25)12-11-18(23)21-17-10-6-9-16(20)13-17/h5-10,13H,4,11-12H2,1-3H3,(H,21,23). The second-order valence-corrected chi connectivity index (χ2v) is 8.42. The summed E-state index contributed by atoms with van der Waals surface area (Å²) in [5, 5.41) is 3.26. The number of anilines is 2. The number of halogens is 1. The Hall–Kier alpha value is -2.05. The molecule has 0 saturated carbocycles. The highest BCUT2D eigenvalue weighted by Crippen LogP contribution is 2.28. The van der Waals surface area contributed by atoms with Crippen LogP contribution in [0.1, 0.15) is 24.5 Å². The molecule has 7 heteroatoms. The van der Waals surface area contributed by atoms with Gasteiger partial charge in [0.2, 0.25) is 15.9 Å². The molecule has 2 aromatic rings. The number of carbonyl (C=O) groups is 1. The van der Waals surface area contributed by atoms with Crippen molar-refractivity contribution in [2.45, 2.75) is 26.7 Å². The molecule has 0 fully saturated rings. The van der Waals surface area contributed by atoms with E-state index in [0.29, 0.717) is 22.8 Å². The van der Waals surface area contributed by atoms with Crippen LogP contribution in [-0.2, 0) is 21.2 Å². The Balaban J connectivity index is 2.19. The molecule has 2 rings (SSSR count). The SMILES string of the molecule is CCc1cccc(C)c1N(CCC(=O)Nc1cccc(Cl)c1)S(C)(=O)=O. The third-order valence-electron chi connectivity index (χ3n) is 4.00. The first-order valence-electron chi connectivity index (χ1n) is 8.34. The summed E-state index contributed by atoms with van der Waals surface area (Å²) < 4.78 is 26.0. The summed E-state index contributed by atoms with van der Waals surface area (Å²) in [5.41, 5.74) is 3.04. The lowest BCUT2D eigenvalue weighted by Gasteiger charge is -2.26. The van der Waals surface area contributed by atoms with E-state index >= 15 is 0 Å². The Morgan fingerprint density at radius 3 is 2.50 bits per heavy atom. The van der Waals surface area contributed by atoms with Crippen LogP contribution in [0.2, 0.25) is 5.02 Å². The lowest BCUT2D eigenvalue weighted by Crippen LogP contribution is -2.34. The van der Waals surface area contributed by atoms with Gasteiger partial charge < -0.3 is 5.32 Å². The lowest BCUT2D eigenvalue weighted by molar-refractivity contribution is -0.116. The number of rotatable bonds is 7. The molecule has 2 aromatic carbocycles. The van der Waals surface area contributed by atoms with Gasteiger partial charge in [0.05, 0.1) is 11.9 Å². The maximum absolute atomic E-state index is 12.3. The molecular formula is C19H23ClN2O3S. The predicted octanol–water partition coefficient (Wildman–Crippen LogP) is 4.01. The fourth-order valence-electron chi connectivity index (χ4n) is 2.80. The third-order valence-corrected chi connectivity index (χ3v) is 5.40. The van der Waals surface area contributed by atoms with Gasteiger partial charge in [0.1, 0.15) is 0 Å². The molecule has 0 unspecified atom stereocenters. The molecule has 1 N–H and O–H groups in total. The summed E-state index contributed by atoms with van der Waals surface area (Å²) >= 11 is 5.91. The Labute approximate surface area is 160 Å². The van der Waals surface area contributed by atoms with Crippen LogP contribution < -0.4 is 9.62 Å². The molecule has 0 aliphatic carbocycles. The van der Waals surface area contributed by atoms with Crippen LogP contribution in [0.4, 0.5) is 11.4 Å². The van der Waals surface area contributed by atoms with Gasteiger partial charge in [-0.1, -0.05) is 42.8 Å². The molecular weight excluding hydrogens is 372 g/mol. The van der Waals surface area contributed by atoms with Crippen LogP contribution >= 0.6 is 11.6 Å². The molecule has 140 valence electrons. The molecule has 0 spiro atoms. The van der Waals surface area contributed by atoms with Gasteiger partial charge in [-0.25, -0.2) is 8.42 Å². The molecule has 0 aliphatic rings. The summed E-state index contributed by atoms with van der Waals surface area (Å²) in [6.07, 6.45) is 1.91. The molecule has 0 bridgehead atoms. The van der Waals surface area contributed by atoms with Crippen molar-refractivity contribution in [3.63, 3.8) is 0 Å². The van der Waals surface area contributed by atoms with E-state index in [1.54, 1.807) is 24.3 Å². The monoisotopic (exact) mass is 394 g/mol. The number of sulfonamides is 1. The number of benzene rings is 2. The number of aryl methyl sites for hydroxylation is 2. The molecule has 0 saturated heterocycles. The summed E-state index contributed by atoms with van der Waals surface area (Å²) in [5.74, 6) is -0.271. The zero-order valence-electron chi connectivity index (χ0n) is 15.1. The second-order valence-electron chi connectivity index (χ2n) is 6.08. The maximum Gasteiger partial charge on any atom is 0.232 e. The van der Waals surface area contributed by atoms with Crippen molar-refractivity contribution in [2.75, 3.05) is 22.4 Å². The van der Waals surface area contributed by atoms with Crippen LogP contribution in [0.3, 0.4) is 0 Å². The van der Waals surface area contributed by atoms with E-state index in [1.807, 2.05) is 32.0 Å². The van der Waals surface area contributed by atoms with Crippen molar-refractivity contribution in [2.24, 2.45) is 0 Å². The van der Waals surface area contributed by atoms with Crippen molar-refractivity contribution in [3.05, 3.63) is 58.6 Å². The molecule has 26 heavy (non-hydrogen) atoms. The number of nitrogens with one attached hydrogen (secondary N) is 1. The van der Waals surface area contributed by atoms with E-state index < -0.39 is 10.0 Å².